The number of imide groups is 1. The molecule has 0 bridgehead atoms. The van der Waals surface area contributed by atoms with Crippen LogP contribution in [0, 0.1) is 11.6 Å². The van der Waals surface area contributed by atoms with Crippen LogP contribution in [-0.2, 0) is 34.4 Å². The first-order chi connectivity index (χ1) is 31.6. The van der Waals surface area contributed by atoms with Gasteiger partial charge in [-0.3, -0.25) is 38.8 Å². The molecule has 0 radical (unpaired) electrons. The fourth-order valence-corrected chi connectivity index (χ4v) is 10.4. The second kappa shape index (κ2) is 18.0. The maximum absolute atomic E-state index is 16.7. The summed E-state index contributed by atoms with van der Waals surface area (Å²) in [4.78, 5) is 58.6. The predicted molar refractivity (Wildman–Crippen MR) is 240 cm³/mol. The van der Waals surface area contributed by atoms with Crippen molar-refractivity contribution >= 4 is 57.0 Å². The quantitative estimate of drug-likeness (QED) is 0.101. The van der Waals surface area contributed by atoms with E-state index in [0.717, 1.165) is 22.5 Å². The molecule has 0 aliphatic carbocycles. The number of nitrogens with zero attached hydrogens (tertiary/aromatic N) is 7. The Labute approximate surface area is 383 Å². The van der Waals surface area contributed by atoms with Crippen LogP contribution in [-0.4, -0.2) is 116 Å². The molecule has 3 saturated heterocycles. The van der Waals surface area contributed by atoms with Gasteiger partial charge in [-0.2, -0.15) is 10.2 Å². The summed E-state index contributed by atoms with van der Waals surface area (Å²) in [5.74, 6) is -8.52. The van der Waals surface area contributed by atoms with Crippen LogP contribution in [0.3, 0.4) is 0 Å². The van der Waals surface area contributed by atoms with Gasteiger partial charge in [-0.1, -0.05) is 29.8 Å². The highest BCUT2D eigenvalue weighted by Crippen LogP contribution is 2.46. The number of nitrogens with one attached hydrogen (secondary N) is 2. The van der Waals surface area contributed by atoms with E-state index < -0.39 is 53.7 Å². The highest BCUT2D eigenvalue weighted by Gasteiger charge is 2.46. The summed E-state index contributed by atoms with van der Waals surface area (Å²) in [6.45, 7) is 1.09. The lowest BCUT2D eigenvalue weighted by atomic mass is 9.84. The van der Waals surface area contributed by atoms with Crippen molar-refractivity contribution in [3.05, 3.63) is 106 Å². The molecule has 3 fully saturated rings. The molecule has 3 aromatic carbocycles. The number of carbonyl (C=O) groups is 4. The van der Waals surface area contributed by atoms with Crippen LogP contribution in [0.15, 0.2) is 60.9 Å². The molecule has 18 heteroatoms. The van der Waals surface area contributed by atoms with Gasteiger partial charge < -0.3 is 14.8 Å². The summed E-state index contributed by atoms with van der Waals surface area (Å²) < 4.78 is 69.2. The maximum Gasteiger partial charge on any atom is 0.269 e. The first-order valence-corrected chi connectivity index (χ1v) is 22.6. The number of aromatic nitrogens is 5. The van der Waals surface area contributed by atoms with Gasteiger partial charge in [0.15, 0.2) is 5.82 Å². The minimum absolute atomic E-state index is 0.00908. The fourth-order valence-electron chi connectivity index (χ4n) is 10.2. The number of hydrogen-bond donors (Lipinski definition) is 2. The Kier molecular flexibility index (Phi) is 12.3. The Balaban J connectivity index is 0.959. The second-order valence-electron chi connectivity index (χ2n) is 18.0. The van der Waals surface area contributed by atoms with Crippen molar-refractivity contribution in [2.75, 3.05) is 46.8 Å². The number of aromatic amines is 1. The molecule has 0 spiro atoms. The molecule has 6 heterocycles. The number of likely N-dealkylation sites (tertiary alicyclic amines) is 2. The maximum atomic E-state index is 16.7. The van der Waals surface area contributed by atoms with Crippen LogP contribution >= 0.6 is 11.6 Å². The molecule has 6 aromatic rings. The molecule has 346 valence electrons. The summed E-state index contributed by atoms with van der Waals surface area (Å²) in [5.41, 5.74) is 2.86. The molecule has 3 aromatic heterocycles. The van der Waals surface area contributed by atoms with Crippen LogP contribution in [0.4, 0.5) is 17.6 Å². The van der Waals surface area contributed by atoms with E-state index in [1.807, 2.05) is 18.2 Å². The predicted octanol–water partition coefficient (Wildman–Crippen LogP) is 7.54. The summed E-state index contributed by atoms with van der Waals surface area (Å²) in [7, 11) is 4.89. The van der Waals surface area contributed by atoms with Crippen molar-refractivity contribution in [1.29, 1.82) is 0 Å². The molecule has 3 atom stereocenters. The highest BCUT2D eigenvalue weighted by molar-refractivity contribution is 6.34. The van der Waals surface area contributed by atoms with E-state index in [2.05, 4.69) is 20.5 Å². The molecule has 3 aliphatic heterocycles. The zero-order valence-corrected chi connectivity index (χ0v) is 37.6. The standard InChI is InChI=1S/C48H50ClF4N9O4/c1-58(2)47(66)39-24-34-32(21-31(42(51)44(34)55-39)28-8-5-16-61(25-28)41(64)14-20-62-17-6-15-54-62)33-23-38(50)35(22-37(33)49)36-13-19-60(26-48(36,52)53)18-12-27-7-4-9-29-43(57-59(3)45(27)29)30-10-11-40(63)56-46(30)65/h4,6-7,9,15,17,21-24,28,30,36,55H,5,8,10-14,16,18-20,25-26H2,1-3H3,(H,56,63,65)/t28-,30?,36+/m0/s1. The third kappa shape index (κ3) is 8.58. The van der Waals surface area contributed by atoms with Crippen molar-refractivity contribution in [1.82, 2.24) is 44.6 Å². The van der Waals surface area contributed by atoms with Gasteiger partial charge in [0, 0.05) is 99.8 Å². The number of hydrogen-bond acceptors (Lipinski definition) is 7. The normalized spacial score (nSPS) is 20.3. The third-order valence-electron chi connectivity index (χ3n) is 13.5. The molecule has 2 N–H and O–H groups in total. The summed E-state index contributed by atoms with van der Waals surface area (Å²) in [5, 5.41) is 12.2. The number of H-pyrrole nitrogens is 1. The Morgan fingerprint density at radius 1 is 0.970 bits per heavy atom. The zero-order chi connectivity index (χ0) is 46.6. The van der Waals surface area contributed by atoms with Gasteiger partial charge in [0.2, 0.25) is 17.7 Å². The minimum Gasteiger partial charge on any atom is -0.348 e. The molecule has 9 rings (SSSR count). The van der Waals surface area contributed by atoms with Gasteiger partial charge in [0.25, 0.3) is 11.8 Å². The Hall–Kier alpha value is -6.07. The van der Waals surface area contributed by atoms with Crippen LogP contribution in [0.1, 0.15) is 89.2 Å². The molecule has 3 aliphatic rings. The van der Waals surface area contributed by atoms with Gasteiger partial charge in [0.05, 0.1) is 35.1 Å². The number of carbonyl (C=O) groups excluding carboxylic acids is 4. The lowest BCUT2D eigenvalue weighted by molar-refractivity contribution is -0.134. The lowest BCUT2D eigenvalue weighted by Crippen LogP contribution is -2.48. The number of fused-ring (bicyclic) bond motifs is 2. The first-order valence-electron chi connectivity index (χ1n) is 22.3. The SMILES string of the molecule is CN(C)C(=O)c1cc2c(-c3cc(F)c([C@H]4CCN(CCc5cccc6c(C7CCC(=O)NC7=O)nn(C)c56)CC4(F)F)cc3Cl)cc([C@H]3CCCN(C(=O)CCn4cccn4)C3)c(F)c2[nH]1. The summed E-state index contributed by atoms with van der Waals surface area (Å²) in [6, 6.07) is 12.9. The number of halogens is 5. The number of benzene rings is 3. The largest absolute Gasteiger partial charge is 0.348 e. The van der Waals surface area contributed by atoms with Crippen LogP contribution < -0.4 is 5.32 Å². The summed E-state index contributed by atoms with van der Waals surface area (Å²) >= 11 is 6.96. The zero-order valence-electron chi connectivity index (χ0n) is 36.9. The number of alkyl halides is 2. The molecular weight excluding hydrogens is 878 g/mol. The molecular formula is C48H50ClF4N9O4. The third-order valence-corrected chi connectivity index (χ3v) is 13.8. The highest BCUT2D eigenvalue weighted by atomic mass is 35.5. The van der Waals surface area contributed by atoms with Crippen molar-refractivity contribution in [3.8, 4) is 11.1 Å². The van der Waals surface area contributed by atoms with E-state index in [4.69, 9.17) is 11.6 Å². The van der Waals surface area contributed by atoms with Gasteiger partial charge in [0.1, 0.15) is 11.5 Å². The number of rotatable bonds is 11. The topological polar surface area (TPSA) is 141 Å². The molecule has 0 saturated carbocycles. The van der Waals surface area contributed by atoms with E-state index in [9.17, 15) is 19.2 Å². The monoisotopic (exact) mass is 927 g/mol. The first kappa shape index (κ1) is 45.1. The van der Waals surface area contributed by atoms with E-state index >= 15 is 17.6 Å². The average Bonchev–Trinajstić information content (AvgIpc) is 4.06. The van der Waals surface area contributed by atoms with Crippen molar-refractivity contribution in [2.24, 2.45) is 7.05 Å². The van der Waals surface area contributed by atoms with Crippen LogP contribution in [0.5, 0.6) is 0 Å². The Bertz CT molecular complexity index is 2880. The van der Waals surface area contributed by atoms with Crippen LogP contribution in [0.2, 0.25) is 5.02 Å². The number of para-hydroxylation sites is 1. The van der Waals surface area contributed by atoms with Gasteiger partial charge in [-0.15, -0.1) is 0 Å². The Morgan fingerprint density at radius 3 is 2.53 bits per heavy atom. The molecule has 66 heavy (non-hydrogen) atoms. The molecule has 13 nitrogen and oxygen atoms in total. The van der Waals surface area contributed by atoms with Gasteiger partial charge in [-0.05, 0) is 91.2 Å². The fraction of sp³-hybridized carbons (Fsp3) is 0.417. The van der Waals surface area contributed by atoms with Crippen molar-refractivity contribution in [2.45, 2.75) is 75.2 Å². The van der Waals surface area contributed by atoms with Crippen molar-refractivity contribution in [3.63, 3.8) is 0 Å². The second-order valence-corrected chi connectivity index (χ2v) is 18.4. The number of amides is 4. The number of aryl methyl sites for hydroxylation is 2. The van der Waals surface area contributed by atoms with E-state index in [1.54, 1.807) is 64.8 Å². The van der Waals surface area contributed by atoms with E-state index in [-0.39, 0.29) is 82.5 Å². The van der Waals surface area contributed by atoms with Crippen LogP contribution in [0.25, 0.3) is 32.9 Å². The minimum atomic E-state index is -3.33. The van der Waals surface area contributed by atoms with E-state index in [0.29, 0.717) is 56.6 Å². The van der Waals surface area contributed by atoms with Crippen molar-refractivity contribution < 1.29 is 36.7 Å². The average molecular weight is 928 g/mol. The molecule has 4 amide bonds. The molecule has 1 unspecified atom stereocenters. The lowest BCUT2D eigenvalue weighted by Gasteiger charge is -2.39. The smallest absolute Gasteiger partial charge is 0.269 e. The Morgan fingerprint density at radius 2 is 1.79 bits per heavy atom. The van der Waals surface area contributed by atoms with Gasteiger partial charge >= 0.3 is 0 Å². The van der Waals surface area contributed by atoms with E-state index in [1.165, 1.54) is 17.0 Å². The summed E-state index contributed by atoms with van der Waals surface area (Å²) in [6.07, 6.45) is 5.74. The number of piperidine rings is 3. The van der Waals surface area contributed by atoms with Gasteiger partial charge in [-0.25, -0.2) is 17.6 Å².